The summed E-state index contributed by atoms with van der Waals surface area (Å²) < 4.78 is 0. The van der Waals surface area contributed by atoms with Crippen molar-refractivity contribution in [2.75, 3.05) is 5.32 Å². The molecule has 0 atom stereocenters. The van der Waals surface area contributed by atoms with E-state index in [1.165, 1.54) is 0 Å². The number of carbonyl (C=O) groups excluding carboxylic acids is 1. The summed E-state index contributed by atoms with van der Waals surface area (Å²) in [6.45, 7) is 2.04. The zero-order chi connectivity index (χ0) is 15.8. The molecule has 0 aliphatic carbocycles. The van der Waals surface area contributed by atoms with Crippen LogP contribution in [0.1, 0.15) is 23.1 Å². The number of benzene rings is 2. The van der Waals surface area contributed by atoms with Crippen LogP contribution >= 0.6 is 0 Å². The summed E-state index contributed by atoms with van der Waals surface area (Å²) in [5.74, 6) is 0.765. The first-order valence-electron chi connectivity index (χ1n) is 7.46. The van der Waals surface area contributed by atoms with Crippen LogP contribution < -0.4 is 5.32 Å². The Morgan fingerprint density at radius 2 is 2.09 bits per heavy atom. The minimum absolute atomic E-state index is 0.154. The van der Waals surface area contributed by atoms with Gasteiger partial charge in [0.15, 0.2) is 0 Å². The lowest BCUT2D eigenvalue weighted by Gasteiger charge is -2.05. The minimum atomic E-state index is -0.154. The summed E-state index contributed by atoms with van der Waals surface area (Å²) >= 11 is 0. The van der Waals surface area contributed by atoms with E-state index >= 15 is 0 Å². The number of amides is 1. The van der Waals surface area contributed by atoms with Crippen molar-refractivity contribution in [3.63, 3.8) is 0 Å². The van der Waals surface area contributed by atoms with Gasteiger partial charge in [0.05, 0.1) is 22.7 Å². The number of anilines is 1. The lowest BCUT2D eigenvalue weighted by Crippen LogP contribution is -2.11. The van der Waals surface area contributed by atoms with Gasteiger partial charge in [-0.05, 0) is 36.4 Å². The molecule has 23 heavy (non-hydrogen) atoms. The van der Waals surface area contributed by atoms with Gasteiger partial charge in [-0.2, -0.15) is 5.10 Å². The molecule has 0 fully saturated rings. The second-order valence-corrected chi connectivity index (χ2v) is 5.40. The normalized spacial score (nSPS) is 11.2. The summed E-state index contributed by atoms with van der Waals surface area (Å²) in [6.07, 6.45) is 2.58. The predicted octanol–water partition coefficient (Wildman–Crippen LogP) is 3.25. The monoisotopic (exact) mass is 305 g/mol. The van der Waals surface area contributed by atoms with Crippen molar-refractivity contribution >= 4 is 33.5 Å². The largest absolute Gasteiger partial charge is 0.342 e. The molecule has 1 amide bonds. The summed E-state index contributed by atoms with van der Waals surface area (Å²) in [5.41, 5.74) is 3.95. The van der Waals surface area contributed by atoms with Crippen molar-refractivity contribution in [3.05, 3.63) is 54.0 Å². The van der Waals surface area contributed by atoms with Crippen LogP contribution in [0.4, 0.5) is 5.69 Å². The minimum Gasteiger partial charge on any atom is -0.342 e. The number of hydrogen-bond acceptors (Lipinski definition) is 3. The smallest absolute Gasteiger partial charge is 0.255 e. The summed E-state index contributed by atoms with van der Waals surface area (Å²) in [4.78, 5) is 20.1. The molecule has 0 aliphatic heterocycles. The molecule has 0 saturated carbocycles. The van der Waals surface area contributed by atoms with Gasteiger partial charge in [0.1, 0.15) is 5.82 Å². The fourth-order valence-corrected chi connectivity index (χ4v) is 2.59. The molecule has 0 spiro atoms. The van der Waals surface area contributed by atoms with Gasteiger partial charge in [-0.1, -0.05) is 6.92 Å². The van der Waals surface area contributed by atoms with Crippen LogP contribution in [0.5, 0.6) is 0 Å². The molecule has 114 valence electrons. The maximum atomic E-state index is 12.4. The fourth-order valence-electron chi connectivity index (χ4n) is 2.59. The van der Waals surface area contributed by atoms with E-state index in [1.807, 2.05) is 37.3 Å². The lowest BCUT2D eigenvalue weighted by molar-refractivity contribution is 0.102. The van der Waals surface area contributed by atoms with Crippen molar-refractivity contribution in [1.82, 2.24) is 20.2 Å². The van der Waals surface area contributed by atoms with Gasteiger partial charge in [0.25, 0.3) is 5.91 Å². The number of nitrogens with one attached hydrogen (secondary N) is 3. The quantitative estimate of drug-likeness (QED) is 0.543. The Hall–Kier alpha value is -3.15. The second kappa shape index (κ2) is 5.24. The van der Waals surface area contributed by atoms with Crippen LogP contribution in [0.2, 0.25) is 0 Å². The maximum Gasteiger partial charge on any atom is 0.255 e. The summed E-state index contributed by atoms with van der Waals surface area (Å²) in [7, 11) is 0. The molecule has 0 aliphatic rings. The fraction of sp³-hybridized carbons (Fsp3) is 0.118. The van der Waals surface area contributed by atoms with E-state index in [0.29, 0.717) is 5.56 Å². The van der Waals surface area contributed by atoms with E-state index in [1.54, 1.807) is 12.3 Å². The zero-order valence-electron chi connectivity index (χ0n) is 12.6. The van der Waals surface area contributed by atoms with Crippen LogP contribution in [0.3, 0.4) is 0 Å². The maximum absolute atomic E-state index is 12.4. The molecular formula is C17H15N5O. The molecule has 6 nitrogen and oxygen atoms in total. The third-order valence-electron chi connectivity index (χ3n) is 3.83. The third-order valence-corrected chi connectivity index (χ3v) is 3.83. The van der Waals surface area contributed by atoms with Crippen LogP contribution in [-0.4, -0.2) is 26.1 Å². The molecular weight excluding hydrogens is 290 g/mol. The van der Waals surface area contributed by atoms with Gasteiger partial charge in [0.2, 0.25) is 0 Å². The number of imidazole rings is 1. The third kappa shape index (κ3) is 2.44. The van der Waals surface area contributed by atoms with E-state index in [-0.39, 0.29) is 5.91 Å². The topological polar surface area (TPSA) is 86.5 Å². The van der Waals surface area contributed by atoms with Gasteiger partial charge in [-0.3, -0.25) is 9.89 Å². The van der Waals surface area contributed by atoms with Gasteiger partial charge in [-0.25, -0.2) is 4.98 Å². The molecule has 2 heterocycles. The lowest BCUT2D eigenvalue weighted by atomic mass is 10.1. The van der Waals surface area contributed by atoms with E-state index in [4.69, 9.17) is 0 Å². The molecule has 0 unspecified atom stereocenters. The zero-order valence-corrected chi connectivity index (χ0v) is 12.6. The number of nitrogens with zero attached hydrogens (tertiary/aromatic N) is 2. The Morgan fingerprint density at radius 1 is 1.17 bits per heavy atom. The number of aromatic amines is 2. The number of aromatic nitrogens is 4. The Bertz CT molecular complexity index is 1010. The van der Waals surface area contributed by atoms with Crippen molar-refractivity contribution in [3.8, 4) is 0 Å². The first kappa shape index (κ1) is 13.5. The highest BCUT2D eigenvalue weighted by Crippen LogP contribution is 2.19. The van der Waals surface area contributed by atoms with E-state index in [9.17, 15) is 4.79 Å². The number of rotatable bonds is 3. The van der Waals surface area contributed by atoms with E-state index in [0.717, 1.165) is 39.9 Å². The average molecular weight is 305 g/mol. The predicted molar refractivity (Wildman–Crippen MR) is 89.5 cm³/mol. The Labute approximate surface area is 131 Å². The number of aryl methyl sites for hydroxylation is 1. The van der Waals surface area contributed by atoms with E-state index < -0.39 is 0 Å². The van der Waals surface area contributed by atoms with Gasteiger partial charge in [0, 0.05) is 23.1 Å². The van der Waals surface area contributed by atoms with Crippen LogP contribution in [0, 0.1) is 0 Å². The van der Waals surface area contributed by atoms with Crippen LogP contribution in [0.15, 0.2) is 42.6 Å². The number of fused-ring (bicyclic) bond motifs is 2. The molecule has 0 radical (unpaired) electrons. The number of carbonyl (C=O) groups is 1. The molecule has 0 saturated heterocycles. The molecule has 2 aromatic carbocycles. The van der Waals surface area contributed by atoms with Crippen molar-refractivity contribution in [2.24, 2.45) is 0 Å². The van der Waals surface area contributed by atoms with Crippen molar-refractivity contribution < 1.29 is 4.79 Å². The van der Waals surface area contributed by atoms with Crippen LogP contribution in [-0.2, 0) is 6.42 Å². The first-order chi connectivity index (χ1) is 11.2. The molecule has 6 heteroatoms. The second-order valence-electron chi connectivity index (χ2n) is 5.40. The number of H-pyrrole nitrogens is 2. The van der Waals surface area contributed by atoms with Crippen molar-refractivity contribution in [2.45, 2.75) is 13.3 Å². The van der Waals surface area contributed by atoms with Gasteiger partial charge < -0.3 is 10.3 Å². The summed E-state index contributed by atoms with van der Waals surface area (Å²) in [5, 5.41) is 10.8. The standard InChI is InChI=1S/C17H15N5O/c1-2-16-20-13-6-4-10(7-15(13)21-16)17(23)19-12-5-3-11-9-18-22-14(11)8-12/h3-9H,2H2,1H3,(H,18,22)(H,19,23)(H,20,21). The summed E-state index contributed by atoms with van der Waals surface area (Å²) in [6, 6.07) is 11.1. The van der Waals surface area contributed by atoms with Crippen molar-refractivity contribution in [1.29, 1.82) is 0 Å². The van der Waals surface area contributed by atoms with Gasteiger partial charge in [-0.15, -0.1) is 0 Å². The highest BCUT2D eigenvalue weighted by atomic mass is 16.1. The highest BCUT2D eigenvalue weighted by Gasteiger charge is 2.09. The number of hydrogen-bond donors (Lipinski definition) is 3. The Balaban J connectivity index is 1.62. The van der Waals surface area contributed by atoms with E-state index in [2.05, 4.69) is 25.5 Å². The Morgan fingerprint density at radius 3 is 2.96 bits per heavy atom. The molecule has 4 rings (SSSR count). The SMILES string of the molecule is CCc1nc2ccc(C(=O)Nc3ccc4cn[nH]c4c3)cc2[nH]1. The molecule has 2 aromatic heterocycles. The van der Waals surface area contributed by atoms with Gasteiger partial charge >= 0.3 is 0 Å². The highest BCUT2D eigenvalue weighted by molar-refractivity contribution is 6.06. The molecule has 3 N–H and O–H groups in total. The van der Waals surface area contributed by atoms with Crippen LogP contribution in [0.25, 0.3) is 21.9 Å². The Kier molecular flexibility index (Phi) is 3.08. The average Bonchev–Trinajstić information content (AvgIpc) is 3.19. The first-order valence-corrected chi connectivity index (χ1v) is 7.46. The molecule has 0 bridgehead atoms. The molecule has 4 aromatic rings.